The molecule has 0 aromatic rings. The van der Waals surface area contributed by atoms with E-state index in [9.17, 15) is 0 Å². The third-order valence-electron chi connectivity index (χ3n) is 5.90. The molecule has 3 atom stereocenters. The minimum absolute atomic E-state index is 0.978. The van der Waals surface area contributed by atoms with Crippen LogP contribution in [-0.2, 0) is 0 Å². The zero-order valence-electron chi connectivity index (χ0n) is 13.3. The van der Waals surface area contributed by atoms with E-state index in [1.165, 1.54) is 70.8 Å². The molecule has 0 heterocycles. The molecule has 19 heavy (non-hydrogen) atoms. The third-order valence-corrected chi connectivity index (χ3v) is 5.90. The van der Waals surface area contributed by atoms with E-state index in [4.69, 9.17) is 0 Å². The van der Waals surface area contributed by atoms with Crippen LogP contribution in [0.3, 0.4) is 0 Å². The van der Waals surface area contributed by atoms with Crippen molar-refractivity contribution in [3.63, 3.8) is 0 Å². The van der Waals surface area contributed by atoms with Crippen molar-refractivity contribution in [1.82, 2.24) is 5.32 Å². The van der Waals surface area contributed by atoms with E-state index in [2.05, 4.69) is 19.2 Å². The van der Waals surface area contributed by atoms with Crippen LogP contribution in [0.5, 0.6) is 0 Å². The van der Waals surface area contributed by atoms with Crippen molar-refractivity contribution < 1.29 is 0 Å². The second-order valence-corrected chi connectivity index (χ2v) is 7.07. The van der Waals surface area contributed by atoms with E-state index in [0.717, 1.165) is 30.2 Å². The number of hydrogen-bond donors (Lipinski definition) is 1. The van der Waals surface area contributed by atoms with Crippen LogP contribution in [0.15, 0.2) is 0 Å². The standard InChI is InChI=1S/C18H35N/c1-3-15-11-12-17(14-19-4-2)18(13-15)16-9-7-5-6-8-10-16/h15-19H,3-14H2,1-2H3. The molecule has 2 fully saturated rings. The Morgan fingerprint density at radius 1 is 0.895 bits per heavy atom. The Labute approximate surface area is 120 Å². The smallest absolute Gasteiger partial charge is 0.00179 e. The maximum Gasteiger partial charge on any atom is -0.00179 e. The van der Waals surface area contributed by atoms with Crippen LogP contribution < -0.4 is 5.32 Å². The molecule has 0 saturated heterocycles. The van der Waals surface area contributed by atoms with Crippen LogP contribution in [0, 0.1) is 23.7 Å². The van der Waals surface area contributed by atoms with Gasteiger partial charge in [-0.2, -0.15) is 0 Å². The van der Waals surface area contributed by atoms with Gasteiger partial charge in [0, 0.05) is 0 Å². The van der Waals surface area contributed by atoms with Crippen molar-refractivity contribution in [2.75, 3.05) is 13.1 Å². The van der Waals surface area contributed by atoms with E-state index >= 15 is 0 Å². The number of nitrogens with one attached hydrogen (secondary N) is 1. The lowest BCUT2D eigenvalue weighted by Crippen LogP contribution is -2.36. The fourth-order valence-corrected chi connectivity index (χ4v) is 4.63. The minimum atomic E-state index is 0.978. The molecule has 1 N–H and O–H groups in total. The second-order valence-electron chi connectivity index (χ2n) is 7.07. The quantitative estimate of drug-likeness (QED) is 0.689. The molecule has 112 valence electrons. The summed E-state index contributed by atoms with van der Waals surface area (Å²) >= 11 is 0. The van der Waals surface area contributed by atoms with Gasteiger partial charge in [-0.1, -0.05) is 65.2 Å². The van der Waals surface area contributed by atoms with Crippen LogP contribution in [0.4, 0.5) is 0 Å². The van der Waals surface area contributed by atoms with Crippen LogP contribution >= 0.6 is 0 Å². The summed E-state index contributed by atoms with van der Waals surface area (Å²) in [6.07, 6.45) is 15.0. The summed E-state index contributed by atoms with van der Waals surface area (Å²) in [5.74, 6) is 4.10. The third kappa shape index (κ3) is 4.48. The van der Waals surface area contributed by atoms with E-state index in [1.54, 1.807) is 0 Å². The van der Waals surface area contributed by atoms with E-state index in [-0.39, 0.29) is 0 Å². The van der Waals surface area contributed by atoms with Crippen molar-refractivity contribution in [3.8, 4) is 0 Å². The van der Waals surface area contributed by atoms with Gasteiger partial charge in [-0.05, 0) is 49.6 Å². The summed E-state index contributed by atoms with van der Waals surface area (Å²) in [5.41, 5.74) is 0. The highest BCUT2D eigenvalue weighted by atomic mass is 14.8. The first-order chi connectivity index (χ1) is 9.35. The maximum absolute atomic E-state index is 3.64. The van der Waals surface area contributed by atoms with Gasteiger partial charge in [-0.25, -0.2) is 0 Å². The summed E-state index contributed by atoms with van der Waals surface area (Å²) in [6.45, 7) is 7.08. The normalized spacial score (nSPS) is 34.1. The summed E-state index contributed by atoms with van der Waals surface area (Å²) in [4.78, 5) is 0. The molecule has 0 radical (unpaired) electrons. The van der Waals surface area contributed by atoms with Crippen LogP contribution in [-0.4, -0.2) is 13.1 Å². The van der Waals surface area contributed by atoms with Gasteiger partial charge < -0.3 is 5.32 Å². The molecule has 3 unspecified atom stereocenters. The molecular formula is C18H35N. The maximum atomic E-state index is 3.64. The molecule has 0 bridgehead atoms. The number of rotatable bonds is 5. The molecule has 1 heteroatoms. The lowest BCUT2D eigenvalue weighted by atomic mass is 9.66. The zero-order chi connectivity index (χ0) is 13.5. The van der Waals surface area contributed by atoms with Crippen molar-refractivity contribution >= 4 is 0 Å². The van der Waals surface area contributed by atoms with E-state index in [1.807, 2.05) is 0 Å². The van der Waals surface area contributed by atoms with Gasteiger partial charge in [0.25, 0.3) is 0 Å². The second kappa shape index (κ2) is 8.29. The molecule has 2 aliphatic carbocycles. The minimum Gasteiger partial charge on any atom is -0.317 e. The lowest BCUT2D eigenvalue weighted by Gasteiger charge is -2.40. The van der Waals surface area contributed by atoms with Gasteiger partial charge in [0.05, 0.1) is 0 Å². The first-order valence-electron chi connectivity index (χ1n) is 9.05. The molecule has 0 aliphatic heterocycles. The highest BCUT2D eigenvalue weighted by Gasteiger charge is 2.34. The summed E-state index contributed by atoms with van der Waals surface area (Å²) in [5, 5.41) is 3.64. The highest BCUT2D eigenvalue weighted by molar-refractivity contribution is 4.86. The average molecular weight is 265 g/mol. The van der Waals surface area contributed by atoms with Gasteiger partial charge in [-0.3, -0.25) is 0 Å². The fraction of sp³-hybridized carbons (Fsp3) is 1.00. The summed E-state index contributed by atoms with van der Waals surface area (Å²) in [6, 6.07) is 0. The fourth-order valence-electron chi connectivity index (χ4n) is 4.63. The molecule has 2 aliphatic rings. The molecule has 1 nitrogen and oxygen atoms in total. The molecule has 2 rings (SSSR count). The predicted octanol–water partition coefficient (Wildman–Crippen LogP) is 5.01. The summed E-state index contributed by atoms with van der Waals surface area (Å²) in [7, 11) is 0. The van der Waals surface area contributed by atoms with Crippen molar-refractivity contribution in [2.45, 2.75) is 78.1 Å². The molecular weight excluding hydrogens is 230 g/mol. The van der Waals surface area contributed by atoms with Gasteiger partial charge in [0.15, 0.2) is 0 Å². The van der Waals surface area contributed by atoms with Crippen LogP contribution in [0.2, 0.25) is 0 Å². The monoisotopic (exact) mass is 265 g/mol. The summed E-state index contributed by atoms with van der Waals surface area (Å²) < 4.78 is 0. The lowest BCUT2D eigenvalue weighted by molar-refractivity contribution is 0.107. The molecule has 2 saturated carbocycles. The van der Waals surface area contributed by atoms with Crippen LogP contribution in [0.25, 0.3) is 0 Å². The molecule has 0 aromatic carbocycles. The Morgan fingerprint density at radius 3 is 2.26 bits per heavy atom. The van der Waals surface area contributed by atoms with Crippen molar-refractivity contribution in [1.29, 1.82) is 0 Å². The Hall–Kier alpha value is -0.0400. The SMILES string of the molecule is CCNCC1CCC(CC)CC1C1CCCCCC1. The first-order valence-corrected chi connectivity index (χ1v) is 9.05. The van der Waals surface area contributed by atoms with E-state index < -0.39 is 0 Å². The van der Waals surface area contributed by atoms with Crippen molar-refractivity contribution in [3.05, 3.63) is 0 Å². The Bertz CT molecular complexity index is 230. The Balaban J connectivity index is 1.96. The molecule has 0 amide bonds. The van der Waals surface area contributed by atoms with Gasteiger partial charge in [0.1, 0.15) is 0 Å². The zero-order valence-corrected chi connectivity index (χ0v) is 13.3. The predicted molar refractivity (Wildman–Crippen MR) is 84.3 cm³/mol. The van der Waals surface area contributed by atoms with Crippen LogP contribution in [0.1, 0.15) is 78.1 Å². The topological polar surface area (TPSA) is 12.0 Å². The van der Waals surface area contributed by atoms with Crippen molar-refractivity contribution in [2.24, 2.45) is 23.7 Å². The molecule has 0 aromatic heterocycles. The Morgan fingerprint density at radius 2 is 1.63 bits per heavy atom. The highest BCUT2D eigenvalue weighted by Crippen LogP contribution is 2.43. The van der Waals surface area contributed by atoms with Gasteiger partial charge in [0.2, 0.25) is 0 Å². The number of hydrogen-bond acceptors (Lipinski definition) is 1. The van der Waals surface area contributed by atoms with E-state index in [0.29, 0.717) is 0 Å². The average Bonchev–Trinajstić information content (AvgIpc) is 2.74. The Kier molecular flexibility index (Phi) is 6.70. The largest absolute Gasteiger partial charge is 0.317 e. The first kappa shape index (κ1) is 15.4. The van der Waals surface area contributed by atoms with Gasteiger partial charge >= 0.3 is 0 Å². The van der Waals surface area contributed by atoms with Gasteiger partial charge in [-0.15, -0.1) is 0 Å². The molecule has 0 spiro atoms.